The largest absolute Gasteiger partial charge is 0.481 e. The molecule has 1 aliphatic rings. The second-order valence-corrected chi connectivity index (χ2v) is 5.09. The van der Waals surface area contributed by atoms with Crippen LogP contribution >= 0.6 is 15.9 Å². The van der Waals surface area contributed by atoms with Gasteiger partial charge in [0.25, 0.3) is 0 Å². The molecule has 0 aromatic heterocycles. The number of rotatable bonds is 4. The minimum Gasteiger partial charge on any atom is -0.481 e. The molecular weight excluding hydrogens is 305 g/mol. The van der Waals surface area contributed by atoms with Gasteiger partial charge in [0, 0.05) is 11.0 Å². The van der Waals surface area contributed by atoms with Gasteiger partial charge in [-0.1, -0.05) is 15.9 Å². The summed E-state index contributed by atoms with van der Waals surface area (Å²) < 4.78 is 13.7. The van der Waals surface area contributed by atoms with Crippen LogP contribution in [0.4, 0.5) is 4.39 Å². The number of benzene rings is 1. The summed E-state index contributed by atoms with van der Waals surface area (Å²) in [6.07, 6.45) is 0.380. The SMILES string of the molecule is O=C(O)C1CC1C(=O)NCc1cc(F)ccc1Br. The van der Waals surface area contributed by atoms with Crippen molar-refractivity contribution in [3.63, 3.8) is 0 Å². The van der Waals surface area contributed by atoms with Crippen molar-refractivity contribution >= 4 is 27.8 Å². The number of hydrogen-bond acceptors (Lipinski definition) is 2. The maximum Gasteiger partial charge on any atom is 0.307 e. The lowest BCUT2D eigenvalue weighted by Crippen LogP contribution is -2.26. The molecule has 96 valence electrons. The van der Waals surface area contributed by atoms with E-state index in [-0.39, 0.29) is 18.3 Å². The molecule has 0 aliphatic heterocycles. The van der Waals surface area contributed by atoms with Crippen LogP contribution in [0.15, 0.2) is 22.7 Å². The average Bonchev–Trinajstić information content (AvgIpc) is 3.10. The molecule has 2 rings (SSSR count). The van der Waals surface area contributed by atoms with Gasteiger partial charge in [-0.15, -0.1) is 0 Å². The molecule has 1 aromatic rings. The molecule has 1 amide bonds. The second kappa shape index (κ2) is 5.06. The lowest BCUT2D eigenvalue weighted by molar-refractivity contribution is -0.140. The van der Waals surface area contributed by atoms with Crippen LogP contribution in [0, 0.1) is 17.7 Å². The Morgan fingerprint density at radius 3 is 2.78 bits per heavy atom. The molecule has 4 nitrogen and oxygen atoms in total. The van der Waals surface area contributed by atoms with Crippen LogP contribution in [0.5, 0.6) is 0 Å². The number of amides is 1. The van der Waals surface area contributed by atoms with Crippen molar-refractivity contribution in [1.82, 2.24) is 5.32 Å². The molecule has 1 fully saturated rings. The van der Waals surface area contributed by atoms with E-state index in [1.807, 2.05) is 0 Å². The van der Waals surface area contributed by atoms with Crippen molar-refractivity contribution in [3.05, 3.63) is 34.1 Å². The minimum absolute atomic E-state index is 0.181. The standard InChI is InChI=1S/C12H11BrFNO3/c13-10-2-1-7(14)3-6(10)5-15-11(16)8-4-9(8)12(17)18/h1-3,8-9H,4-5H2,(H,15,16)(H,17,18). The Morgan fingerprint density at radius 2 is 2.17 bits per heavy atom. The first-order valence-corrected chi connectivity index (χ1v) is 6.23. The quantitative estimate of drug-likeness (QED) is 0.892. The fourth-order valence-electron chi connectivity index (χ4n) is 1.75. The first-order valence-electron chi connectivity index (χ1n) is 5.43. The van der Waals surface area contributed by atoms with Gasteiger partial charge in [0.2, 0.25) is 5.91 Å². The molecule has 0 radical (unpaired) electrons. The molecule has 2 atom stereocenters. The number of carbonyl (C=O) groups is 2. The molecular formula is C12H11BrFNO3. The summed E-state index contributed by atoms with van der Waals surface area (Å²) in [5.74, 6) is -2.63. The number of carbonyl (C=O) groups excluding carboxylic acids is 1. The number of carboxylic acids is 1. The van der Waals surface area contributed by atoms with Gasteiger partial charge < -0.3 is 10.4 Å². The smallest absolute Gasteiger partial charge is 0.307 e. The topological polar surface area (TPSA) is 66.4 Å². The van der Waals surface area contributed by atoms with Crippen molar-refractivity contribution in [2.45, 2.75) is 13.0 Å². The normalized spacial score (nSPS) is 21.4. The number of halogens is 2. The average molecular weight is 316 g/mol. The summed E-state index contributed by atoms with van der Waals surface area (Å²) in [6.45, 7) is 0.181. The van der Waals surface area contributed by atoms with Crippen molar-refractivity contribution in [2.75, 3.05) is 0 Å². The molecule has 1 saturated carbocycles. The molecule has 0 heterocycles. The van der Waals surface area contributed by atoms with Gasteiger partial charge >= 0.3 is 5.97 Å². The van der Waals surface area contributed by atoms with Gasteiger partial charge in [0.1, 0.15) is 5.82 Å². The van der Waals surface area contributed by atoms with E-state index in [9.17, 15) is 14.0 Å². The summed E-state index contributed by atoms with van der Waals surface area (Å²) in [5.41, 5.74) is 0.621. The lowest BCUT2D eigenvalue weighted by Gasteiger charge is -2.06. The van der Waals surface area contributed by atoms with Gasteiger partial charge in [-0.25, -0.2) is 4.39 Å². The fraction of sp³-hybridized carbons (Fsp3) is 0.333. The molecule has 2 unspecified atom stereocenters. The fourth-order valence-corrected chi connectivity index (χ4v) is 2.14. The van der Waals surface area contributed by atoms with Crippen molar-refractivity contribution in [2.24, 2.45) is 11.8 Å². The highest BCUT2D eigenvalue weighted by molar-refractivity contribution is 9.10. The molecule has 0 spiro atoms. The third kappa shape index (κ3) is 2.87. The van der Waals surface area contributed by atoms with Crippen LogP contribution in [-0.4, -0.2) is 17.0 Å². The Hall–Kier alpha value is -1.43. The summed E-state index contributed by atoms with van der Waals surface area (Å²) >= 11 is 3.26. The molecule has 18 heavy (non-hydrogen) atoms. The Labute approximate surface area is 111 Å². The van der Waals surface area contributed by atoms with E-state index in [4.69, 9.17) is 5.11 Å². The van der Waals surface area contributed by atoms with Crippen molar-refractivity contribution in [3.8, 4) is 0 Å². The second-order valence-electron chi connectivity index (χ2n) is 4.24. The van der Waals surface area contributed by atoms with Gasteiger partial charge in [-0.05, 0) is 30.2 Å². The number of carboxylic acid groups (broad SMARTS) is 1. The van der Waals surface area contributed by atoms with Gasteiger partial charge in [0.05, 0.1) is 11.8 Å². The zero-order chi connectivity index (χ0) is 13.3. The summed E-state index contributed by atoms with van der Waals surface area (Å²) in [5, 5.41) is 11.3. The number of aliphatic carboxylic acids is 1. The van der Waals surface area contributed by atoms with Crippen LogP contribution in [0.1, 0.15) is 12.0 Å². The van der Waals surface area contributed by atoms with E-state index < -0.39 is 17.8 Å². The van der Waals surface area contributed by atoms with E-state index in [1.165, 1.54) is 12.1 Å². The highest BCUT2D eigenvalue weighted by atomic mass is 79.9. The Balaban J connectivity index is 1.90. The molecule has 2 N–H and O–H groups in total. The summed E-state index contributed by atoms with van der Waals surface area (Å²) in [6, 6.07) is 4.21. The van der Waals surface area contributed by atoms with Crippen LogP contribution in [0.2, 0.25) is 0 Å². The van der Waals surface area contributed by atoms with E-state index >= 15 is 0 Å². The highest BCUT2D eigenvalue weighted by Crippen LogP contribution is 2.38. The molecule has 0 bridgehead atoms. The van der Waals surface area contributed by atoms with E-state index in [1.54, 1.807) is 6.07 Å². The van der Waals surface area contributed by atoms with E-state index in [0.717, 1.165) is 0 Å². The van der Waals surface area contributed by atoms with Gasteiger partial charge in [-0.3, -0.25) is 9.59 Å². The van der Waals surface area contributed by atoms with Crippen LogP contribution < -0.4 is 5.32 Å². The summed E-state index contributed by atoms with van der Waals surface area (Å²) in [7, 11) is 0. The molecule has 1 aliphatic carbocycles. The van der Waals surface area contributed by atoms with Crippen molar-refractivity contribution in [1.29, 1.82) is 0 Å². The molecule has 0 saturated heterocycles. The zero-order valence-electron chi connectivity index (χ0n) is 9.32. The number of nitrogens with one attached hydrogen (secondary N) is 1. The summed E-state index contributed by atoms with van der Waals surface area (Å²) in [4.78, 5) is 22.2. The maximum atomic E-state index is 13.0. The third-order valence-electron chi connectivity index (χ3n) is 2.91. The van der Waals surface area contributed by atoms with E-state index in [2.05, 4.69) is 21.2 Å². The third-order valence-corrected chi connectivity index (χ3v) is 3.68. The van der Waals surface area contributed by atoms with Gasteiger partial charge in [0.15, 0.2) is 0 Å². The zero-order valence-corrected chi connectivity index (χ0v) is 10.9. The van der Waals surface area contributed by atoms with E-state index in [0.29, 0.717) is 16.5 Å². The van der Waals surface area contributed by atoms with Gasteiger partial charge in [-0.2, -0.15) is 0 Å². The Kier molecular flexibility index (Phi) is 3.65. The first kappa shape index (κ1) is 13.0. The Morgan fingerprint density at radius 1 is 1.44 bits per heavy atom. The van der Waals surface area contributed by atoms with Crippen LogP contribution in [-0.2, 0) is 16.1 Å². The lowest BCUT2D eigenvalue weighted by atomic mass is 10.2. The predicted octanol–water partition coefficient (Wildman–Crippen LogP) is 1.93. The minimum atomic E-state index is -0.943. The maximum absolute atomic E-state index is 13.0. The van der Waals surface area contributed by atoms with Crippen LogP contribution in [0.3, 0.4) is 0 Å². The monoisotopic (exact) mass is 315 g/mol. The highest BCUT2D eigenvalue weighted by Gasteiger charge is 2.48. The number of hydrogen-bond donors (Lipinski definition) is 2. The van der Waals surface area contributed by atoms with Crippen molar-refractivity contribution < 1.29 is 19.1 Å². The Bertz CT molecular complexity index is 506. The molecule has 6 heteroatoms. The first-order chi connectivity index (χ1) is 8.49. The molecule has 1 aromatic carbocycles. The van der Waals surface area contributed by atoms with Crippen LogP contribution in [0.25, 0.3) is 0 Å². The predicted molar refractivity (Wildman–Crippen MR) is 65.2 cm³/mol.